The number of esters is 2. The van der Waals surface area contributed by atoms with E-state index in [1.807, 2.05) is 0 Å². The number of nitrogens with one attached hydrogen (secondary N) is 1. The van der Waals surface area contributed by atoms with Crippen LogP contribution in [0.3, 0.4) is 0 Å². The van der Waals surface area contributed by atoms with Gasteiger partial charge in [0.25, 0.3) is 0 Å². The van der Waals surface area contributed by atoms with Crippen molar-refractivity contribution in [3.63, 3.8) is 0 Å². The molecule has 1 heterocycles. The van der Waals surface area contributed by atoms with Crippen LogP contribution in [0, 0.1) is 12.7 Å². The Morgan fingerprint density at radius 2 is 1.77 bits per heavy atom. The molecular formula is C22H24FNO5S. The summed E-state index contributed by atoms with van der Waals surface area (Å²) in [5, 5.41) is 2.82. The maximum atomic E-state index is 13.0. The summed E-state index contributed by atoms with van der Waals surface area (Å²) in [6.45, 7) is 8.63. The number of amides is 1. The van der Waals surface area contributed by atoms with Gasteiger partial charge in [-0.2, -0.15) is 0 Å². The molecule has 6 nitrogen and oxygen atoms in total. The number of thiophene rings is 1. The van der Waals surface area contributed by atoms with E-state index in [-0.39, 0.29) is 27.9 Å². The van der Waals surface area contributed by atoms with Gasteiger partial charge in [-0.25, -0.2) is 14.0 Å². The Balaban J connectivity index is 2.31. The summed E-state index contributed by atoms with van der Waals surface area (Å²) in [6, 6.07) is 5.62. The zero-order valence-corrected chi connectivity index (χ0v) is 18.3. The molecule has 0 aliphatic rings. The van der Waals surface area contributed by atoms with Crippen molar-refractivity contribution in [3.8, 4) is 0 Å². The summed E-state index contributed by atoms with van der Waals surface area (Å²) >= 11 is 0.950. The number of carbonyl (C=O) groups is 3. The predicted octanol–water partition coefficient (Wildman–Crippen LogP) is 4.98. The summed E-state index contributed by atoms with van der Waals surface area (Å²) in [7, 11) is 0. The van der Waals surface area contributed by atoms with Gasteiger partial charge >= 0.3 is 11.9 Å². The number of rotatable bonds is 6. The Hall–Kier alpha value is -3.00. The molecular weight excluding hydrogens is 409 g/mol. The van der Waals surface area contributed by atoms with Gasteiger partial charge in [0.15, 0.2) is 0 Å². The number of anilines is 1. The summed E-state index contributed by atoms with van der Waals surface area (Å²) < 4.78 is 23.5. The number of carbonyl (C=O) groups excluding carboxylic acids is 3. The molecule has 0 saturated heterocycles. The van der Waals surface area contributed by atoms with E-state index in [4.69, 9.17) is 9.47 Å². The van der Waals surface area contributed by atoms with E-state index in [1.54, 1.807) is 34.6 Å². The number of ether oxygens (including phenoxy) is 2. The third-order valence-corrected chi connectivity index (χ3v) is 4.93. The maximum Gasteiger partial charge on any atom is 0.349 e. The van der Waals surface area contributed by atoms with Gasteiger partial charge in [0.05, 0.1) is 12.2 Å². The molecule has 30 heavy (non-hydrogen) atoms. The van der Waals surface area contributed by atoms with Gasteiger partial charge in [-0.1, -0.05) is 12.1 Å². The third kappa shape index (κ3) is 6.25. The van der Waals surface area contributed by atoms with E-state index >= 15 is 0 Å². The smallest absolute Gasteiger partial charge is 0.349 e. The van der Waals surface area contributed by atoms with Crippen molar-refractivity contribution in [3.05, 3.63) is 57.7 Å². The van der Waals surface area contributed by atoms with Crippen molar-refractivity contribution in [1.82, 2.24) is 0 Å². The van der Waals surface area contributed by atoms with Gasteiger partial charge in [0, 0.05) is 6.08 Å². The van der Waals surface area contributed by atoms with Gasteiger partial charge in [-0.15, -0.1) is 11.3 Å². The Morgan fingerprint density at radius 1 is 1.13 bits per heavy atom. The fraction of sp³-hybridized carbons (Fsp3) is 0.318. The predicted molar refractivity (Wildman–Crippen MR) is 114 cm³/mol. The lowest BCUT2D eigenvalue weighted by Gasteiger charge is -2.19. The van der Waals surface area contributed by atoms with E-state index in [0.29, 0.717) is 11.1 Å². The fourth-order valence-electron chi connectivity index (χ4n) is 2.47. The molecule has 2 aromatic rings. The summed E-state index contributed by atoms with van der Waals surface area (Å²) in [5.41, 5.74) is 0.421. The van der Waals surface area contributed by atoms with Gasteiger partial charge < -0.3 is 14.8 Å². The molecule has 0 unspecified atom stereocenters. The van der Waals surface area contributed by atoms with Crippen LogP contribution in [0.5, 0.6) is 0 Å². The second-order valence-electron chi connectivity index (χ2n) is 7.36. The molecule has 8 heteroatoms. The average molecular weight is 434 g/mol. The first kappa shape index (κ1) is 23.3. The highest BCUT2D eigenvalue weighted by Crippen LogP contribution is 2.35. The summed E-state index contributed by atoms with van der Waals surface area (Å²) in [5.74, 6) is -2.11. The highest BCUT2D eigenvalue weighted by Gasteiger charge is 2.29. The molecule has 0 radical (unpaired) electrons. The van der Waals surface area contributed by atoms with Crippen molar-refractivity contribution in [1.29, 1.82) is 0 Å². The Labute approximate surface area is 178 Å². The highest BCUT2D eigenvalue weighted by atomic mass is 32.1. The minimum atomic E-state index is -0.709. The van der Waals surface area contributed by atoms with E-state index in [1.165, 1.54) is 36.4 Å². The lowest BCUT2D eigenvalue weighted by atomic mass is 10.1. The van der Waals surface area contributed by atoms with E-state index in [0.717, 1.165) is 11.3 Å². The van der Waals surface area contributed by atoms with E-state index in [9.17, 15) is 18.8 Å². The molecule has 0 spiro atoms. The fourth-order valence-corrected chi connectivity index (χ4v) is 3.54. The summed E-state index contributed by atoms with van der Waals surface area (Å²) in [6.07, 6.45) is 2.76. The first-order valence-corrected chi connectivity index (χ1v) is 10.1. The molecule has 0 atom stereocenters. The zero-order valence-electron chi connectivity index (χ0n) is 17.5. The van der Waals surface area contributed by atoms with Crippen LogP contribution >= 0.6 is 11.3 Å². The second kappa shape index (κ2) is 9.67. The standard InChI is InChI=1S/C22H24FNO5S/c1-6-28-20(26)17-13(2)18(21(27)29-22(3,4)5)30-19(17)24-16(25)12-9-14-7-10-15(23)11-8-14/h7-12H,6H2,1-5H3,(H,24,25). The van der Waals surface area contributed by atoms with Gasteiger partial charge in [-0.3, -0.25) is 4.79 Å². The van der Waals surface area contributed by atoms with Crippen molar-refractivity contribution < 1.29 is 28.2 Å². The zero-order chi connectivity index (χ0) is 22.5. The first-order valence-electron chi connectivity index (χ1n) is 9.30. The molecule has 1 aromatic heterocycles. The van der Waals surface area contributed by atoms with Crippen LogP contribution < -0.4 is 5.32 Å². The van der Waals surface area contributed by atoms with Crippen molar-refractivity contribution in [2.75, 3.05) is 11.9 Å². The van der Waals surface area contributed by atoms with Crippen LogP contribution in [0.1, 0.15) is 58.9 Å². The molecule has 0 aliphatic carbocycles. The van der Waals surface area contributed by atoms with Crippen LogP contribution in [-0.4, -0.2) is 30.1 Å². The van der Waals surface area contributed by atoms with Gasteiger partial charge in [0.1, 0.15) is 21.3 Å². The van der Waals surface area contributed by atoms with E-state index < -0.39 is 23.4 Å². The quantitative estimate of drug-likeness (QED) is 0.513. The molecule has 1 N–H and O–H groups in total. The van der Waals surface area contributed by atoms with Gasteiger partial charge in [0.2, 0.25) is 5.91 Å². The van der Waals surface area contributed by atoms with E-state index in [2.05, 4.69) is 5.32 Å². The average Bonchev–Trinajstić information content (AvgIpc) is 2.96. The Bertz CT molecular complexity index is 971. The minimum Gasteiger partial charge on any atom is -0.462 e. The van der Waals surface area contributed by atoms with Crippen molar-refractivity contribution >= 4 is 40.3 Å². The largest absolute Gasteiger partial charge is 0.462 e. The monoisotopic (exact) mass is 433 g/mol. The molecule has 1 aromatic carbocycles. The van der Waals surface area contributed by atoms with Gasteiger partial charge in [-0.05, 0) is 64.0 Å². The molecule has 1 amide bonds. The molecule has 0 bridgehead atoms. The normalized spacial score (nSPS) is 11.4. The SMILES string of the molecule is CCOC(=O)c1c(NC(=O)C=Cc2ccc(F)cc2)sc(C(=O)OC(C)(C)C)c1C. The van der Waals surface area contributed by atoms with Crippen LogP contribution in [0.2, 0.25) is 0 Å². The number of hydrogen-bond acceptors (Lipinski definition) is 6. The summed E-state index contributed by atoms with van der Waals surface area (Å²) in [4.78, 5) is 37.5. The Morgan fingerprint density at radius 3 is 2.33 bits per heavy atom. The number of benzene rings is 1. The molecule has 0 saturated carbocycles. The first-order chi connectivity index (χ1) is 14.0. The third-order valence-electron chi connectivity index (χ3n) is 3.74. The lowest BCUT2D eigenvalue weighted by molar-refractivity contribution is -0.111. The van der Waals surface area contributed by atoms with Crippen LogP contribution in [0.25, 0.3) is 6.08 Å². The molecule has 0 aliphatic heterocycles. The van der Waals surface area contributed by atoms with Crippen LogP contribution in [-0.2, 0) is 14.3 Å². The number of halogens is 1. The van der Waals surface area contributed by atoms with Crippen molar-refractivity contribution in [2.45, 2.75) is 40.2 Å². The van der Waals surface area contributed by atoms with Crippen LogP contribution in [0.4, 0.5) is 9.39 Å². The Kier molecular flexibility index (Phi) is 7.50. The lowest BCUT2D eigenvalue weighted by Crippen LogP contribution is -2.23. The maximum absolute atomic E-state index is 13.0. The number of hydrogen-bond donors (Lipinski definition) is 1. The molecule has 160 valence electrons. The highest BCUT2D eigenvalue weighted by molar-refractivity contribution is 7.18. The second-order valence-corrected chi connectivity index (χ2v) is 8.38. The topological polar surface area (TPSA) is 81.7 Å². The molecule has 0 fully saturated rings. The van der Waals surface area contributed by atoms with Crippen molar-refractivity contribution in [2.24, 2.45) is 0 Å². The minimum absolute atomic E-state index is 0.117. The molecule has 2 rings (SSSR count). The van der Waals surface area contributed by atoms with Crippen LogP contribution in [0.15, 0.2) is 30.3 Å².